The summed E-state index contributed by atoms with van der Waals surface area (Å²) in [6, 6.07) is 0. The second-order valence-electron chi connectivity index (χ2n) is 7.35. The van der Waals surface area contributed by atoms with Gasteiger partial charge >= 0.3 is 5.97 Å². The van der Waals surface area contributed by atoms with Crippen molar-refractivity contribution in [3.8, 4) is 0 Å². The maximum atomic E-state index is 11.9. The quantitative estimate of drug-likeness (QED) is 0.627. The lowest BCUT2D eigenvalue weighted by molar-refractivity contribution is -0.149. The van der Waals surface area contributed by atoms with E-state index in [1.807, 2.05) is 0 Å². The molecule has 8 atom stereocenters. The normalized spacial score (nSPS) is 53.6. The van der Waals surface area contributed by atoms with E-state index in [2.05, 4.69) is 0 Å². The average molecular weight is 264 g/mol. The third kappa shape index (κ3) is 1.51. The van der Waals surface area contributed by atoms with Crippen LogP contribution in [0.2, 0.25) is 0 Å². The molecule has 19 heavy (non-hydrogen) atoms. The van der Waals surface area contributed by atoms with Gasteiger partial charge in [0.2, 0.25) is 0 Å². The monoisotopic (exact) mass is 264 g/mol. The Bertz CT molecular complexity index is 393. The highest BCUT2D eigenvalue weighted by Crippen LogP contribution is 2.70. The summed E-state index contributed by atoms with van der Waals surface area (Å²) in [5.74, 6) is 5.73. The molecule has 0 aromatic heterocycles. The van der Waals surface area contributed by atoms with Crippen LogP contribution in [0, 0.1) is 47.3 Å². The Morgan fingerprint density at radius 1 is 1.11 bits per heavy atom. The molecule has 0 radical (unpaired) electrons. The average Bonchev–Trinajstić information content (AvgIpc) is 3.14. The Hall–Kier alpha value is -0.570. The van der Waals surface area contributed by atoms with Crippen LogP contribution in [0.4, 0.5) is 0 Å². The molecule has 4 rings (SSSR count). The summed E-state index contributed by atoms with van der Waals surface area (Å²) in [6.45, 7) is 0.333. The van der Waals surface area contributed by atoms with E-state index < -0.39 is 0 Å². The Balaban J connectivity index is 1.57. The van der Waals surface area contributed by atoms with E-state index in [9.17, 15) is 9.90 Å². The molecule has 4 aliphatic rings. The van der Waals surface area contributed by atoms with Crippen molar-refractivity contribution in [2.24, 2.45) is 47.3 Å². The minimum Gasteiger partial charge on any atom is -0.469 e. The van der Waals surface area contributed by atoms with Crippen LogP contribution in [0.1, 0.15) is 32.1 Å². The highest BCUT2D eigenvalue weighted by Gasteiger charge is 2.65. The molecule has 1 N–H and O–H groups in total. The Morgan fingerprint density at radius 3 is 2.58 bits per heavy atom. The van der Waals surface area contributed by atoms with Crippen molar-refractivity contribution in [1.82, 2.24) is 0 Å². The number of methoxy groups -OCH3 is 1. The number of aliphatic hydroxyl groups is 1. The van der Waals surface area contributed by atoms with Crippen molar-refractivity contribution in [3.63, 3.8) is 0 Å². The third-order valence-corrected chi connectivity index (χ3v) is 6.96. The SMILES string of the molecule is COC(=O)C1CC2CC1C1C3CC(CC3CCO)C21. The lowest BCUT2D eigenvalue weighted by Crippen LogP contribution is -2.38. The van der Waals surface area contributed by atoms with Gasteiger partial charge in [-0.05, 0) is 73.5 Å². The molecule has 0 aliphatic heterocycles. The van der Waals surface area contributed by atoms with Crippen LogP contribution in [0.25, 0.3) is 0 Å². The Morgan fingerprint density at radius 2 is 1.84 bits per heavy atom. The number of fused-ring (bicyclic) bond motifs is 9. The van der Waals surface area contributed by atoms with E-state index >= 15 is 0 Å². The van der Waals surface area contributed by atoms with Crippen LogP contribution >= 0.6 is 0 Å². The first-order valence-electron chi connectivity index (χ1n) is 7.93. The second-order valence-corrected chi connectivity index (χ2v) is 7.35. The van der Waals surface area contributed by atoms with Gasteiger partial charge in [-0.15, -0.1) is 0 Å². The second kappa shape index (κ2) is 4.21. The van der Waals surface area contributed by atoms with Crippen LogP contribution < -0.4 is 0 Å². The molecule has 0 saturated heterocycles. The van der Waals surface area contributed by atoms with Crippen molar-refractivity contribution < 1.29 is 14.6 Å². The molecule has 106 valence electrons. The number of rotatable bonds is 3. The molecule has 0 amide bonds. The summed E-state index contributed by atoms with van der Waals surface area (Å²) in [7, 11) is 1.53. The maximum absolute atomic E-state index is 11.9. The van der Waals surface area contributed by atoms with Gasteiger partial charge in [-0.25, -0.2) is 0 Å². The largest absolute Gasteiger partial charge is 0.469 e. The smallest absolute Gasteiger partial charge is 0.308 e. The summed E-state index contributed by atoms with van der Waals surface area (Å²) >= 11 is 0. The molecular formula is C16H24O3. The van der Waals surface area contributed by atoms with Gasteiger partial charge in [0.15, 0.2) is 0 Å². The predicted octanol–water partition coefficient (Wildman–Crippen LogP) is 2.09. The number of aliphatic hydroxyl groups excluding tert-OH is 1. The fourth-order valence-corrected chi connectivity index (χ4v) is 6.66. The number of ether oxygens (including phenoxy) is 1. The summed E-state index contributed by atoms with van der Waals surface area (Å²) in [5, 5.41) is 9.23. The summed E-state index contributed by atoms with van der Waals surface area (Å²) < 4.78 is 5.01. The lowest BCUT2D eigenvalue weighted by Gasteiger charge is -2.40. The maximum Gasteiger partial charge on any atom is 0.308 e. The molecule has 4 fully saturated rings. The van der Waals surface area contributed by atoms with E-state index in [1.54, 1.807) is 0 Å². The van der Waals surface area contributed by atoms with Crippen LogP contribution in [-0.4, -0.2) is 24.8 Å². The van der Waals surface area contributed by atoms with Crippen LogP contribution in [0.3, 0.4) is 0 Å². The first-order valence-corrected chi connectivity index (χ1v) is 7.93. The summed E-state index contributed by atoms with van der Waals surface area (Å²) in [6.07, 6.45) is 6.06. The van der Waals surface area contributed by atoms with Gasteiger partial charge in [-0.2, -0.15) is 0 Å². The zero-order chi connectivity index (χ0) is 13.1. The number of carbonyl (C=O) groups excluding carboxylic acids is 1. The number of hydrogen-bond acceptors (Lipinski definition) is 3. The van der Waals surface area contributed by atoms with E-state index in [4.69, 9.17) is 4.74 Å². The highest BCUT2D eigenvalue weighted by atomic mass is 16.5. The first-order chi connectivity index (χ1) is 9.24. The molecule has 0 aromatic carbocycles. The molecule has 0 aromatic rings. The Labute approximate surface area is 114 Å². The molecule has 0 heterocycles. The standard InChI is InChI=1S/C16H24O3/c1-19-16(18)13-7-10-6-12(13)15-11-5-9(14(10)15)4-8(11)2-3-17/h8-15,17H,2-7H2,1H3. The van der Waals surface area contributed by atoms with Gasteiger partial charge in [-0.3, -0.25) is 4.79 Å². The van der Waals surface area contributed by atoms with Crippen molar-refractivity contribution in [1.29, 1.82) is 0 Å². The Kier molecular flexibility index (Phi) is 2.70. The highest BCUT2D eigenvalue weighted by molar-refractivity contribution is 5.73. The van der Waals surface area contributed by atoms with E-state index in [-0.39, 0.29) is 11.9 Å². The fourth-order valence-electron chi connectivity index (χ4n) is 6.66. The molecule has 4 aliphatic carbocycles. The minimum absolute atomic E-state index is 0.0347. The summed E-state index contributed by atoms with van der Waals surface area (Å²) in [4.78, 5) is 11.9. The van der Waals surface area contributed by atoms with Gasteiger partial charge < -0.3 is 9.84 Å². The van der Waals surface area contributed by atoms with Gasteiger partial charge in [0.05, 0.1) is 13.0 Å². The minimum atomic E-state index is 0.0347. The molecule has 3 heteroatoms. The van der Waals surface area contributed by atoms with Crippen molar-refractivity contribution in [2.75, 3.05) is 13.7 Å². The van der Waals surface area contributed by atoms with Crippen LogP contribution in [-0.2, 0) is 9.53 Å². The number of carbonyl (C=O) groups is 1. The van der Waals surface area contributed by atoms with Gasteiger partial charge in [0.25, 0.3) is 0 Å². The molecular weight excluding hydrogens is 240 g/mol. The first kappa shape index (κ1) is 12.2. The molecule has 3 nitrogen and oxygen atoms in total. The van der Waals surface area contributed by atoms with Crippen LogP contribution in [0.5, 0.6) is 0 Å². The van der Waals surface area contributed by atoms with E-state index in [0.717, 1.165) is 48.3 Å². The number of esters is 1. The summed E-state index contributed by atoms with van der Waals surface area (Å²) in [5.41, 5.74) is 0. The van der Waals surface area contributed by atoms with E-state index in [1.165, 1.54) is 26.4 Å². The van der Waals surface area contributed by atoms with Crippen molar-refractivity contribution in [2.45, 2.75) is 32.1 Å². The molecule has 0 spiro atoms. The van der Waals surface area contributed by atoms with Crippen molar-refractivity contribution >= 4 is 5.97 Å². The van der Waals surface area contributed by atoms with Crippen LogP contribution in [0.15, 0.2) is 0 Å². The zero-order valence-electron chi connectivity index (χ0n) is 11.6. The lowest BCUT2D eigenvalue weighted by atomic mass is 9.64. The van der Waals surface area contributed by atoms with Gasteiger partial charge in [0, 0.05) is 6.61 Å². The van der Waals surface area contributed by atoms with Crippen molar-refractivity contribution in [3.05, 3.63) is 0 Å². The van der Waals surface area contributed by atoms with Gasteiger partial charge in [-0.1, -0.05) is 0 Å². The molecule has 4 saturated carbocycles. The van der Waals surface area contributed by atoms with E-state index in [0.29, 0.717) is 12.5 Å². The van der Waals surface area contributed by atoms with Gasteiger partial charge in [0.1, 0.15) is 0 Å². The topological polar surface area (TPSA) is 46.5 Å². The molecule has 4 bridgehead atoms. The number of hydrogen-bond donors (Lipinski definition) is 1. The molecule has 8 unspecified atom stereocenters. The predicted molar refractivity (Wildman–Crippen MR) is 70.1 cm³/mol. The fraction of sp³-hybridized carbons (Fsp3) is 0.938. The third-order valence-electron chi connectivity index (χ3n) is 6.96. The zero-order valence-corrected chi connectivity index (χ0v) is 11.6.